The second kappa shape index (κ2) is 8.14. The number of aromatic nitrogens is 1. The van der Waals surface area contributed by atoms with Crippen molar-refractivity contribution in [3.05, 3.63) is 34.3 Å². The van der Waals surface area contributed by atoms with Crippen molar-refractivity contribution in [3.8, 4) is 10.6 Å². The van der Waals surface area contributed by atoms with Gasteiger partial charge in [0.25, 0.3) is 0 Å². The van der Waals surface area contributed by atoms with Gasteiger partial charge in [0.2, 0.25) is 0 Å². The van der Waals surface area contributed by atoms with Gasteiger partial charge in [0, 0.05) is 25.3 Å². The average molecular weight is 433 g/mol. The molecule has 1 aromatic heterocycles. The van der Waals surface area contributed by atoms with Crippen LogP contribution in [0.5, 0.6) is 0 Å². The molecule has 0 radical (unpaired) electrons. The van der Waals surface area contributed by atoms with E-state index in [1.54, 1.807) is 11.3 Å². The van der Waals surface area contributed by atoms with Gasteiger partial charge in [-0.1, -0.05) is 20.8 Å². The minimum Gasteiger partial charge on any atom is -0.409 e. The Morgan fingerprint density at radius 1 is 1.28 bits per heavy atom. The van der Waals surface area contributed by atoms with E-state index in [4.69, 9.17) is 9.41 Å². The van der Waals surface area contributed by atoms with Crippen LogP contribution in [0.2, 0.25) is 18.1 Å². The summed E-state index contributed by atoms with van der Waals surface area (Å²) in [5.41, 5.74) is 4.25. The highest BCUT2D eigenvalue weighted by atomic mass is 32.1. The lowest BCUT2D eigenvalue weighted by molar-refractivity contribution is 0.166. The molecule has 2 aromatic rings. The molecule has 2 atom stereocenters. The van der Waals surface area contributed by atoms with Gasteiger partial charge < -0.3 is 14.4 Å². The van der Waals surface area contributed by atoms with E-state index in [1.165, 1.54) is 10.6 Å². The number of fused-ring (bicyclic) bond motifs is 1. The molecule has 0 amide bonds. The van der Waals surface area contributed by atoms with Gasteiger partial charge in [0.15, 0.2) is 8.32 Å². The first-order valence-corrected chi connectivity index (χ1v) is 14.3. The summed E-state index contributed by atoms with van der Waals surface area (Å²) in [4.78, 5) is 8.37. The second-order valence-electron chi connectivity index (χ2n) is 9.93. The van der Waals surface area contributed by atoms with Crippen LogP contribution in [0.4, 0.5) is 5.69 Å². The van der Waals surface area contributed by atoms with Gasteiger partial charge in [-0.15, -0.1) is 11.3 Å². The Morgan fingerprint density at radius 2 is 1.97 bits per heavy atom. The molecule has 0 spiro atoms. The topological polar surface area (TPSA) is 45.6 Å². The molecule has 1 aliphatic rings. The van der Waals surface area contributed by atoms with Crippen molar-refractivity contribution in [2.45, 2.75) is 77.3 Å². The molecule has 3 rings (SSSR count). The van der Waals surface area contributed by atoms with Crippen LogP contribution in [0.25, 0.3) is 10.6 Å². The van der Waals surface area contributed by atoms with Crippen molar-refractivity contribution in [2.75, 3.05) is 19.0 Å². The molecule has 4 nitrogen and oxygen atoms in total. The van der Waals surface area contributed by atoms with E-state index >= 15 is 0 Å². The smallest absolute Gasteiger partial charge is 0.192 e. The number of nitrogens with zero attached hydrogens (tertiary/aromatic N) is 2. The van der Waals surface area contributed by atoms with E-state index in [9.17, 15) is 5.11 Å². The zero-order chi connectivity index (χ0) is 21.6. The molecular formula is C23H36N2O2SSi. The standard InChI is InChI=1S/C23H36N2O2SSi/c1-15(26)18-14-16(25(5)6)12-13-17(18)22-24-19-10-9-11-20(21(19)28-22)27-29(7,8)23(2,3)4/h12-15,20,26H,9-11H2,1-8H3. The Balaban J connectivity index is 1.99. The Morgan fingerprint density at radius 3 is 2.55 bits per heavy atom. The fourth-order valence-electron chi connectivity index (χ4n) is 3.51. The van der Waals surface area contributed by atoms with Crippen LogP contribution in [-0.4, -0.2) is 32.5 Å². The predicted octanol–water partition coefficient (Wildman–Crippen LogP) is 6.33. The van der Waals surface area contributed by atoms with Gasteiger partial charge in [-0.2, -0.15) is 0 Å². The number of aliphatic hydroxyl groups excluding tert-OH is 1. The lowest BCUT2D eigenvalue weighted by Gasteiger charge is -2.40. The van der Waals surface area contributed by atoms with Gasteiger partial charge in [0.05, 0.1) is 22.8 Å². The molecule has 0 bridgehead atoms. The summed E-state index contributed by atoms with van der Waals surface area (Å²) >= 11 is 1.76. The number of hydrogen-bond donors (Lipinski definition) is 1. The van der Waals surface area contributed by atoms with Crippen molar-refractivity contribution in [1.82, 2.24) is 4.98 Å². The summed E-state index contributed by atoms with van der Waals surface area (Å²) in [6.45, 7) is 13.4. The van der Waals surface area contributed by atoms with Crippen molar-refractivity contribution < 1.29 is 9.53 Å². The third-order valence-corrected chi connectivity index (χ3v) is 12.1. The maximum atomic E-state index is 10.4. The highest BCUT2D eigenvalue weighted by molar-refractivity contribution is 7.15. The van der Waals surface area contributed by atoms with E-state index in [0.717, 1.165) is 41.1 Å². The van der Waals surface area contributed by atoms with Crippen LogP contribution in [0.3, 0.4) is 0 Å². The Kier molecular flexibility index (Phi) is 6.31. The molecule has 6 heteroatoms. The number of thiazole rings is 1. The zero-order valence-corrected chi connectivity index (χ0v) is 21.0. The molecule has 0 saturated heterocycles. The molecule has 2 unspecified atom stereocenters. The molecule has 0 fully saturated rings. The molecule has 0 saturated carbocycles. The van der Waals surface area contributed by atoms with E-state index in [1.807, 2.05) is 21.0 Å². The molecule has 1 aliphatic carbocycles. The first-order valence-electron chi connectivity index (χ1n) is 10.6. The summed E-state index contributed by atoms with van der Waals surface area (Å²) in [5, 5.41) is 11.6. The Hall–Kier alpha value is -1.21. The number of rotatable bonds is 5. The maximum Gasteiger partial charge on any atom is 0.192 e. The van der Waals surface area contributed by atoms with Crippen molar-refractivity contribution in [2.24, 2.45) is 0 Å². The van der Waals surface area contributed by atoms with Crippen molar-refractivity contribution >= 4 is 25.3 Å². The van der Waals surface area contributed by atoms with Crippen LogP contribution in [-0.2, 0) is 10.8 Å². The fraction of sp³-hybridized carbons (Fsp3) is 0.609. The van der Waals surface area contributed by atoms with Gasteiger partial charge in [-0.3, -0.25) is 0 Å². The van der Waals surface area contributed by atoms with E-state index in [0.29, 0.717) is 0 Å². The molecule has 29 heavy (non-hydrogen) atoms. The number of hydrogen-bond acceptors (Lipinski definition) is 5. The Labute approximate surface area is 181 Å². The molecule has 1 aromatic carbocycles. The third-order valence-electron chi connectivity index (χ3n) is 6.38. The largest absolute Gasteiger partial charge is 0.409 e. The van der Waals surface area contributed by atoms with E-state index in [2.05, 4.69) is 57.0 Å². The quantitative estimate of drug-likeness (QED) is 0.561. The van der Waals surface area contributed by atoms with Gasteiger partial charge in [-0.25, -0.2) is 4.98 Å². The van der Waals surface area contributed by atoms with Crippen molar-refractivity contribution in [3.63, 3.8) is 0 Å². The number of aliphatic hydroxyl groups is 1. The minimum absolute atomic E-state index is 0.155. The predicted molar refractivity (Wildman–Crippen MR) is 126 cm³/mol. The summed E-state index contributed by atoms with van der Waals surface area (Å²) < 4.78 is 6.80. The number of aryl methyl sites for hydroxylation is 1. The normalized spacial score (nSPS) is 18.4. The first-order chi connectivity index (χ1) is 13.4. The second-order valence-corrected chi connectivity index (χ2v) is 15.7. The number of anilines is 1. The lowest BCUT2D eigenvalue weighted by Crippen LogP contribution is -2.42. The SMILES string of the molecule is CC(O)c1cc(N(C)C)ccc1-c1nc2c(s1)C(O[Si](C)(C)C(C)(C)C)CCC2. The lowest BCUT2D eigenvalue weighted by atomic mass is 10.00. The average Bonchev–Trinajstić information content (AvgIpc) is 3.05. The molecule has 160 valence electrons. The summed E-state index contributed by atoms with van der Waals surface area (Å²) in [5.74, 6) is 0. The molecule has 1 heterocycles. The van der Waals surface area contributed by atoms with Crippen molar-refractivity contribution in [1.29, 1.82) is 0 Å². The molecular weight excluding hydrogens is 396 g/mol. The third kappa shape index (κ3) is 4.60. The van der Waals surface area contributed by atoms with Crippen LogP contribution < -0.4 is 4.90 Å². The van der Waals surface area contributed by atoms with E-state index < -0.39 is 14.4 Å². The maximum absolute atomic E-state index is 10.4. The fourth-order valence-corrected chi connectivity index (χ4v) is 6.12. The molecule has 0 aliphatic heterocycles. The Bertz CT molecular complexity index is 868. The van der Waals surface area contributed by atoms with Gasteiger partial charge in [0.1, 0.15) is 5.01 Å². The van der Waals surface area contributed by atoms with Crippen LogP contribution in [0.15, 0.2) is 18.2 Å². The molecule has 1 N–H and O–H groups in total. The van der Waals surface area contributed by atoms with Gasteiger partial charge >= 0.3 is 0 Å². The van der Waals surface area contributed by atoms with E-state index in [-0.39, 0.29) is 11.1 Å². The zero-order valence-electron chi connectivity index (χ0n) is 19.2. The van der Waals surface area contributed by atoms with Crippen LogP contribution in [0.1, 0.15) is 68.9 Å². The van der Waals surface area contributed by atoms with Gasteiger partial charge in [-0.05, 0) is 68.1 Å². The summed E-state index contributed by atoms with van der Waals surface area (Å²) in [7, 11) is 2.19. The first kappa shape index (κ1) is 22.5. The monoisotopic (exact) mass is 432 g/mol. The highest BCUT2D eigenvalue weighted by Crippen LogP contribution is 2.46. The van der Waals surface area contributed by atoms with Crippen LogP contribution >= 0.6 is 11.3 Å². The highest BCUT2D eigenvalue weighted by Gasteiger charge is 2.41. The summed E-state index contributed by atoms with van der Waals surface area (Å²) in [6.07, 6.45) is 2.83. The number of benzene rings is 1. The minimum atomic E-state index is -1.85. The summed E-state index contributed by atoms with van der Waals surface area (Å²) in [6, 6.07) is 6.28. The van der Waals surface area contributed by atoms with Crippen LogP contribution in [0, 0.1) is 0 Å².